The van der Waals surface area contributed by atoms with Gasteiger partial charge in [-0.2, -0.15) is 0 Å². The molecule has 0 saturated heterocycles. The number of nitro groups is 1. The van der Waals surface area contributed by atoms with Crippen LogP contribution in [-0.2, 0) is 16.1 Å². The minimum Gasteiger partial charge on any atom is -0.473 e. The van der Waals surface area contributed by atoms with Crippen molar-refractivity contribution in [2.24, 2.45) is 0 Å². The molecule has 2 aromatic carbocycles. The molecule has 0 bridgehead atoms. The Morgan fingerprint density at radius 3 is 2.32 bits per heavy atom. The molecule has 2 rings (SSSR count). The van der Waals surface area contributed by atoms with Crippen LogP contribution >= 0.6 is 15.9 Å². The Balaban J connectivity index is 0.000000450. The van der Waals surface area contributed by atoms with Crippen molar-refractivity contribution in [3.8, 4) is 0 Å². The molecule has 0 aromatic heterocycles. The van der Waals surface area contributed by atoms with Gasteiger partial charge in [0.25, 0.3) is 5.69 Å². The van der Waals surface area contributed by atoms with Crippen LogP contribution in [0.3, 0.4) is 0 Å². The smallest absolute Gasteiger partial charge is 0.414 e. The Kier molecular flexibility index (Phi) is 7.54. The summed E-state index contributed by atoms with van der Waals surface area (Å²) in [7, 11) is 0. The van der Waals surface area contributed by atoms with Crippen molar-refractivity contribution < 1.29 is 24.7 Å². The van der Waals surface area contributed by atoms with Gasteiger partial charge in [-0.05, 0) is 36.2 Å². The number of rotatable bonds is 4. The standard InChI is InChI=1S/C14H13BrN2O2.C2H2O4/c1-10-7-12(15)5-6-14(10)16-9-11-3-2-4-13(8-11)17(18)19;3-1(4)2(5)6/h2-8,16H,9H2,1H3;(H,3,4)(H,5,6). The average Bonchev–Trinajstić information content (AvgIpc) is 2.54. The second-order valence-corrected chi connectivity index (χ2v) is 5.77. The Hall–Kier alpha value is -2.94. The number of hydrogen-bond acceptors (Lipinski definition) is 5. The average molecular weight is 411 g/mol. The zero-order valence-electron chi connectivity index (χ0n) is 13.1. The summed E-state index contributed by atoms with van der Waals surface area (Å²) in [4.78, 5) is 28.5. The molecule has 0 heterocycles. The van der Waals surface area contributed by atoms with E-state index in [4.69, 9.17) is 19.8 Å². The summed E-state index contributed by atoms with van der Waals surface area (Å²) >= 11 is 3.42. The van der Waals surface area contributed by atoms with Crippen molar-refractivity contribution in [1.82, 2.24) is 0 Å². The molecular formula is C16H15BrN2O6. The number of carboxylic acids is 2. The van der Waals surface area contributed by atoms with E-state index in [1.807, 2.05) is 31.2 Å². The second kappa shape index (κ2) is 9.38. The van der Waals surface area contributed by atoms with Crippen LogP contribution in [0.4, 0.5) is 11.4 Å². The molecule has 0 aliphatic rings. The molecule has 9 heteroatoms. The maximum Gasteiger partial charge on any atom is 0.414 e. The summed E-state index contributed by atoms with van der Waals surface area (Å²) in [5.74, 6) is -3.65. The third-order valence-electron chi connectivity index (χ3n) is 2.98. The van der Waals surface area contributed by atoms with Gasteiger partial charge in [-0.3, -0.25) is 10.1 Å². The number of carbonyl (C=O) groups is 2. The lowest BCUT2D eigenvalue weighted by Crippen LogP contribution is -2.09. The van der Waals surface area contributed by atoms with Gasteiger partial charge in [0.15, 0.2) is 0 Å². The summed E-state index contributed by atoms with van der Waals surface area (Å²) in [6, 6.07) is 12.6. The molecule has 25 heavy (non-hydrogen) atoms. The van der Waals surface area contributed by atoms with Gasteiger partial charge in [-0.25, -0.2) is 9.59 Å². The normalized spacial score (nSPS) is 9.52. The van der Waals surface area contributed by atoms with Crippen LogP contribution in [0.15, 0.2) is 46.9 Å². The topological polar surface area (TPSA) is 130 Å². The summed E-state index contributed by atoms with van der Waals surface area (Å²) in [5, 5.41) is 28.8. The summed E-state index contributed by atoms with van der Waals surface area (Å²) < 4.78 is 1.03. The van der Waals surface area contributed by atoms with Gasteiger partial charge in [0.2, 0.25) is 0 Å². The van der Waals surface area contributed by atoms with Crippen LogP contribution < -0.4 is 5.32 Å². The number of non-ortho nitro benzene ring substituents is 1. The zero-order chi connectivity index (χ0) is 19.0. The Bertz CT molecular complexity index is 782. The number of nitro benzene ring substituents is 1. The summed E-state index contributed by atoms with van der Waals surface area (Å²) in [6.07, 6.45) is 0. The molecule has 0 aliphatic carbocycles. The highest BCUT2D eigenvalue weighted by Gasteiger charge is 2.06. The van der Waals surface area contributed by atoms with Crippen molar-refractivity contribution in [3.63, 3.8) is 0 Å². The van der Waals surface area contributed by atoms with E-state index in [2.05, 4.69) is 21.2 Å². The Morgan fingerprint density at radius 2 is 1.80 bits per heavy atom. The SMILES string of the molecule is Cc1cc(Br)ccc1NCc1cccc([N+](=O)[O-])c1.O=C(O)C(=O)O. The summed E-state index contributed by atoms with van der Waals surface area (Å²) in [5.41, 5.74) is 3.15. The number of hydrogen-bond donors (Lipinski definition) is 3. The van der Waals surface area contributed by atoms with E-state index in [0.717, 1.165) is 21.3 Å². The number of nitrogens with one attached hydrogen (secondary N) is 1. The zero-order valence-corrected chi connectivity index (χ0v) is 14.7. The van der Waals surface area contributed by atoms with Gasteiger partial charge in [-0.15, -0.1) is 0 Å². The van der Waals surface area contributed by atoms with Crippen LogP contribution in [0.5, 0.6) is 0 Å². The minimum atomic E-state index is -1.82. The predicted octanol–water partition coefficient (Wildman–Crippen LogP) is 3.43. The molecular weight excluding hydrogens is 396 g/mol. The third kappa shape index (κ3) is 7.00. The van der Waals surface area contributed by atoms with Crippen molar-refractivity contribution in [2.45, 2.75) is 13.5 Å². The van der Waals surface area contributed by atoms with Gasteiger partial charge in [0, 0.05) is 28.8 Å². The fraction of sp³-hybridized carbons (Fsp3) is 0.125. The fourth-order valence-corrected chi connectivity index (χ4v) is 2.28. The largest absolute Gasteiger partial charge is 0.473 e. The fourth-order valence-electron chi connectivity index (χ4n) is 1.80. The number of anilines is 1. The van der Waals surface area contributed by atoms with E-state index in [-0.39, 0.29) is 10.6 Å². The van der Waals surface area contributed by atoms with Crippen molar-refractivity contribution >= 4 is 39.2 Å². The molecule has 0 atom stereocenters. The molecule has 0 fully saturated rings. The van der Waals surface area contributed by atoms with Crippen molar-refractivity contribution in [2.75, 3.05) is 5.32 Å². The first-order valence-electron chi connectivity index (χ1n) is 6.90. The molecule has 132 valence electrons. The van der Waals surface area contributed by atoms with Gasteiger partial charge < -0.3 is 15.5 Å². The molecule has 0 saturated carbocycles. The number of carboxylic acid groups (broad SMARTS) is 2. The van der Waals surface area contributed by atoms with E-state index in [1.54, 1.807) is 12.1 Å². The van der Waals surface area contributed by atoms with Crippen LogP contribution in [0.1, 0.15) is 11.1 Å². The van der Waals surface area contributed by atoms with E-state index < -0.39 is 11.9 Å². The van der Waals surface area contributed by atoms with Crippen LogP contribution in [0.2, 0.25) is 0 Å². The van der Waals surface area contributed by atoms with Gasteiger partial charge in [-0.1, -0.05) is 28.1 Å². The molecule has 0 radical (unpaired) electrons. The van der Waals surface area contributed by atoms with E-state index >= 15 is 0 Å². The monoisotopic (exact) mass is 410 g/mol. The number of nitrogens with zero attached hydrogens (tertiary/aromatic N) is 1. The van der Waals surface area contributed by atoms with Gasteiger partial charge in [0.05, 0.1) is 4.92 Å². The number of benzene rings is 2. The molecule has 3 N–H and O–H groups in total. The number of aliphatic carboxylic acids is 2. The van der Waals surface area contributed by atoms with E-state index in [1.165, 1.54) is 6.07 Å². The number of halogens is 1. The molecule has 8 nitrogen and oxygen atoms in total. The molecule has 2 aromatic rings. The lowest BCUT2D eigenvalue weighted by atomic mass is 10.1. The molecule has 0 spiro atoms. The first kappa shape index (κ1) is 20.1. The maximum atomic E-state index is 10.7. The first-order chi connectivity index (χ1) is 11.7. The van der Waals surface area contributed by atoms with E-state index in [0.29, 0.717) is 6.54 Å². The van der Waals surface area contributed by atoms with E-state index in [9.17, 15) is 10.1 Å². The lowest BCUT2D eigenvalue weighted by Gasteiger charge is -2.09. The highest BCUT2D eigenvalue weighted by atomic mass is 79.9. The predicted molar refractivity (Wildman–Crippen MR) is 94.6 cm³/mol. The molecule has 0 amide bonds. The quantitative estimate of drug-likeness (QED) is 0.399. The third-order valence-corrected chi connectivity index (χ3v) is 3.47. The van der Waals surface area contributed by atoms with Gasteiger partial charge in [0.1, 0.15) is 0 Å². The summed E-state index contributed by atoms with van der Waals surface area (Å²) in [6.45, 7) is 2.57. The lowest BCUT2D eigenvalue weighted by molar-refractivity contribution is -0.384. The van der Waals surface area contributed by atoms with Crippen molar-refractivity contribution in [1.29, 1.82) is 0 Å². The Labute approximate surface area is 151 Å². The van der Waals surface area contributed by atoms with Crippen molar-refractivity contribution in [3.05, 3.63) is 68.2 Å². The van der Waals surface area contributed by atoms with Crippen LogP contribution in [0, 0.1) is 17.0 Å². The van der Waals surface area contributed by atoms with Gasteiger partial charge >= 0.3 is 11.9 Å². The molecule has 0 unspecified atom stereocenters. The van der Waals surface area contributed by atoms with Crippen LogP contribution in [-0.4, -0.2) is 27.1 Å². The molecule has 0 aliphatic heterocycles. The maximum absolute atomic E-state index is 10.7. The second-order valence-electron chi connectivity index (χ2n) is 4.85. The number of aryl methyl sites for hydroxylation is 1. The minimum absolute atomic E-state index is 0.117. The first-order valence-corrected chi connectivity index (χ1v) is 7.69. The highest BCUT2D eigenvalue weighted by molar-refractivity contribution is 9.10. The Morgan fingerprint density at radius 1 is 1.16 bits per heavy atom. The van der Waals surface area contributed by atoms with Crippen LogP contribution in [0.25, 0.3) is 0 Å². The highest BCUT2D eigenvalue weighted by Crippen LogP contribution is 2.21.